The summed E-state index contributed by atoms with van der Waals surface area (Å²) in [5.74, 6) is 0.275. The first-order chi connectivity index (χ1) is 13.5. The van der Waals surface area contributed by atoms with E-state index in [0.717, 1.165) is 32.5 Å². The van der Waals surface area contributed by atoms with E-state index in [1.54, 1.807) is 12.1 Å². The second-order valence-corrected chi connectivity index (χ2v) is 7.90. The predicted octanol–water partition coefficient (Wildman–Crippen LogP) is 2.39. The Kier molecular flexibility index (Phi) is 5.61. The van der Waals surface area contributed by atoms with Crippen molar-refractivity contribution in [3.05, 3.63) is 17.2 Å². The number of rotatable bonds is 2. The number of carbonyl (C=O) groups is 2. The van der Waals surface area contributed by atoms with Gasteiger partial charge >= 0.3 is 6.03 Å². The minimum Gasteiger partial charge on any atom is -0.482 e. The van der Waals surface area contributed by atoms with E-state index in [0.29, 0.717) is 41.3 Å². The molecular formula is C19H25ClN4O4. The Morgan fingerprint density at radius 3 is 2.82 bits per heavy atom. The van der Waals surface area contributed by atoms with Crippen molar-refractivity contribution in [2.45, 2.75) is 31.9 Å². The van der Waals surface area contributed by atoms with E-state index in [-0.39, 0.29) is 24.6 Å². The van der Waals surface area contributed by atoms with Gasteiger partial charge in [-0.25, -0.2) is 4.79 Å². The van der Waals surface area contributed by atoms with Crippen molar-refractivity contribution in [1.29, 1.82) is 0 Å². The summed E-state index contributed by atoms with van der Waals surface area (Å²) >= 11 is 6.27. The summed E-state index contributed by atoms with van der Waals surface area (Å²) in [5.41, 5.74) is 0.991. The fraction of sp³-hybridized carbons (Fsp3) is 0.579. The van der Waals surface area contributed by atoms with Gasteiger partial charge in [0.25, 0.3) is 5.91 Å². The molecule has 3 heterocycles. The molecule has 0 saturated carbocycles. The third-order valence-electron chi connectivity index (χ3n) is 5.48. The van der Waals surface area contributed by atoms with Crippen LogP contribution in [-0.2, 0) is 9.53 Å². The zero-order valence-corrected chi connectivity index (χ0v) is 16.6. The molecule has 4 rings (SSSR count). The van der Waals surface area contributed by atoms with Crippen LogP contribution >= 0.6 is 11.6 Å². The number of urea groups is 1. The van der Waals surface area contributed by atoms with Gasteiger partial charge < -0.3 is 25.0 Å². The molecule has 3 amide bonds. The maximum Gasteiger partial charge on any atom is 0.321 e. The largest absolute Gasteiger partial charge is 0.482 e. The van der Waals surface area contributed by atoms with Gasteiger partial charge in [0.1, 0.15) is 5.75 Å². The van der Waals surface area contributed by atoms with Gasteiger partial charge in [0.2, 0.25) is 0 Å². The lowest BCUT2D eigenvalue weighted by Crippen LogP contribution is -2.52. The lowest BCUT2D eigenvalue weighted by Gasteiger charge is -2.41. The molecule has 1 aromatic carbocycles. The highest BCUT2D eigenvalue weighted by atomic mass is 35.5. The van der Waals surface area contributed by atoms with Crippen molar-refractivity contribution < 1.29 is 19.1 Å². The van der Waals surface area contributed by atoms with Gasteiger partial charge in [0.15, 0.2) is 6.61 Å². The maximum absolute atomic E-state index is 12.7. The standard InChI is InChI=1S/C19H25ClN4O4/c1-12-10-24(6-7-27-12)13-2-4-23(5-3-13)19(26)22-15-9-17-16(8-14(15)20)21-18(25)11-28-17/h8-9,12-13H,2-7,10-11H2,1H3,(H,21,25)(H,22,26). The molecule has 28 heavy (non-hydrogen) atoms. The van der Waals surface area contributed by atoms with Gasteiger partial charge in [-0.05, 0) is 25.8 Å². The molecule has 0 bridgehead atoms. The summed E-state index contributed by atoms with van der Waals surface area (Å²) in [6.45, 7) is 6.17. The highest BCUT2D eigenvalue weighted by Crippen LogP contribution is 2.36. The number of piperidine rings is 1. The Morgan fingerprint density at radius 2 is 2.07 bits per heavy atom. The molecule has 1 aromatic rings. The van der Waals surface area contributed by atoms with Crippen LogP contribution in [0.2, 0.25) is 5.02 Å². The molecule has 0 radical (unpaired) electrons. The van der Waals surface area contributed by atoms with Gasteiger partial charge in [-0.2, -0.15) is 0 Å². The molecule has 8 nitrogen and oxygen atoms in total. The zero-order chi connectivity index (χ0) is 19.7. The zero-order valence-electron chi connectivity index (χ0n) is 15.9. The molecule has 2 N–H and O–H groups in total. The molecule has 152 valence electrons. The second kappa shape index (κ2) is 8.14. The molecule has 2 fully saturated rings. The van der Waals surface area contributed by atoms with Crippen LogP contribution in [0.15, 0.2) is 12.1 Å². The summed E-state index contributed by atoms with van der Waals surface area (Å²) in [7, 11) is 0. The van der Waals surface area contributed by atoms with Gasteiger partial charge in [-0.15, -0.1) is 0 Å². The topological polar surface area (TPSA) is 83.1 Å². The van der Waals surface area contributed by atoms with E-state index < -0.39 is 0 Å². The van der Waals surface area contributed by atoms with Crippen molar-refractivity contribution in [2.75, 3.05) is 50.0 Å². The van der Waals surface area contributed by atoms with Gasteiger partial charge in [0.05, 0.1) is 29.1 Å². The van der Waals surface area contributed by atoms with Crippen LogP contribution in [0, 0.1) is 0 Å². The number of halogens is 1. The number of nitrogens with one attached hydrogen (secondary N) is 2. The van der Waals surface area contributed by atoms with E-state index in [1.165, 1.54) is 0 Å². The van der Waals surface area contributed by atoms with E-state index in [4.69, 9.17) is 21.1 Å². The fourth-order valence-electron chi connectivity index (χ4n) is 4.00. The van der Waals surface area contributed by atoms with Gasteiger partial charge in [-0.3, -0.25) is 9.69 Å². The lowest BCUT2D eigenvalue weighted by atomic mass is 10.0. The quantitative estimate of drug-likeness (QED) is 0.785. The molecule has 3 aliphatic heterocycles. The smallest absolute Gasteiger partial charge is 0.321 e. The van der Waals surface area contributed by atoms with Crippen LogP contribution in [0.4, 0.5) is 16.2 Å². The Balaban J connectivity index is 1.34. The second-order valence-electron chi connectivity index (χ2n) is 7.49. The van der Waals surface area contributed by atoms with E-state index in [1.807, 2.05) is 4.90 Å². The number of nitrogens with zero attached hydrogens (tertiary/aromatic N) is 2. The highest BCUT2D eigenvalue weighted by Gasteiger charge is 2.30. The molecule has 1 unspecified atom stereocenters. The van der Waals surface area contributed by atoms with Crippen LogP contribution in [0.3, 0.4) is 0 Å². The van der Waals surface area contributed by atoms with Crippen molar-refractivity contribution in [2.24, 2.45) is 0 Å². The summed E-state index contributed by atoms with van der Waals surface area (Å²) in [6.07, 6.45) is 2.17. The number of hydrogen-bond acceptors (Lipinski definition) is 5. The van der Waals surface area contributed by atoms with Crippen LogP contribution in [0.1, 0.15) is 19.8 Å². The summed E-state index contributed by atoms with van der Waals surface area (Å²) < 4.78 is 11.0. The minimum atomic E-state index is -0.224. The van der Waals surface area contributed by atoms with Crippen molar-refractivity contribution in [3.63, 3.8) is 0 Å². The van der Waals surface area contributed by atoms with E-state index in [2.05, 4.69) is 22.5 Å². The Hall–Kier alpha value is -2.03. The normalized spacial score (nSPS) is 23.6. The Bertz CT molecular complexity index is 767. The SMILES string of the molecule is CC1CN(C2CCN(C(=O)Nc3cc4c(cc3Cl)NC(=O)CO4)CC2)CCO1. The third kappa shape index (κ3) is 4.19. The Labute approximate surface area is 169 Å². The molecule has 0 aromatic heterocycles. The van der Waals surface area contributed by atoms with Gasteiger partial charge in [0, 0.05) is 38.3 Å². The van der Waals surface area contributed by atoms with Crippen LogP contribution in [0.25, 0.3) is 0 Å². The number of hydrogen-bond donors (Lipinski definition) is 2. The number of fused-ring (bicyclic) bond motifs is 1. The summed E-state index contributed by atoms with van der Waals surface area (Å²) in [6, 6.07) is 3.57. The van der Waals surface area contributed by atoms with Crippen LogP contribution < -0.4 is 15.4 Å². The van der Waals surface area contributed by atoms with Crippen molar-refractivity contribution >= 4 is 34.9 Å². The molecule has 0 spiro atoms. The van der Waals surface area contributed by atoms with E-state index in [9.17, 15) is 9.59 Å². The average Bonchev–Trinajstić information content (AvgIpc) is 2.69. The van der Waals surface area contributed by atoms with Gasteiger partial charge in [-0.1, -0.05) is 11.6 Å². The molecule has 0 aliphatic carbocycles. The number of likely N-dealkylation sites (tertiary alicyclic amines) is 1. The molecule has 9 heteroatoms. The first-order valence-electron chi connectivity index (χ1n) is 9.67. The number of benzene rings is 1. The van der Waals surface area contributed by atoms with E-state index >= 15 is 0 Å². The predicted molar refractivity (Wildman–Crippen MR) is 106 cm³/mol. The Morgan fingerprint density at radius 1 is 1.29 bits per heavy atom. The number of anilines is 2. The number of carbonyl (C=O) groups excluding carboxylic acids is 2. The van der Waals surface area contributed by atoms with Crippen LogP contribution in [-0.4, -0.2) is 73.3 Å². The maximum atomic E-state index is 12.7. The molecule has 2 saturated heterocycles. The highest BCUT2D eigenvalue weighted by molar-refractivity contribution is 6.34. The number of morpholine rings is 1. The summed E-state index contributed by atoms with van der Waals surface area (Å²) in [5, 5.41) is 5.93. The summed E-state index contributed by atoms with van der Waals surface area (Å²) in [4.78, 5) is 28.4. The molecule has 3 aliphatic rings. The van der Waals surface area contributed by atoms with Crippen molar-refractivity contribution in [1.82, 2.24) is 9.80 Å². The first-order valence-corrected chi connectivity index (χ1v) is 10.0. The monoisotopic (exact) mass is 408 g/mol. The average molecular weight is 409 g/mol. The molecular weight excluding hydrogens is 384 g/mol. The number of ether oxygens (including phenoxy) is 2. The fourth-order valence-corrected chi connectivity index (χ4v) is 4.21. The van der Waals surface area contributed by atoms with Crippen LogP contribution in [0.5, 0.6) is 5.75 Å². The minimum absolute atomic E-state index is 0.0459. The van der Waals surface area contributed by atoms with Crippen molar-refractivity contribution in [3.8, 4) is 5.75 Å². The third-order valence-corrected chi connectivity index (χ3v) is 5.80. The lowest BCUT2D eigenvalue weighted by molar-refractivity contribution is -0.118. The number of amides is 3. The first kappa shape index (κ1) is 19.3. The molecule has 1 atom stereocenters.